The molecular weight excluding hydrogens is 390 g/mol. The topological polar surface area (TPSA) is 93.5 Å². The van der Waals surface area contributed by atoms with E-state index < -0.39 is 6.09 Å². The lowest BCUT2D eigenvalue weighted by molar-refractivity contribution is 0.0953. The third-order valence-electron chi connectivity index (χ3n) is 5.15. The van der Waals surface area contributed by atoms with E-state index in [1.165, 1.54) is 11.1 Å². The van der Waals surface area contributed by atoms with Crippen LogP contribution < -0.4 is 16.6 Å². The molecule has 3 aromatic rings. The van der Waals surface area contributed by atoms with Crippen LogP contribution in [0.2, 0.25) is 0 Å². The quantitative estimate of drug-likeness (QED) is 0.266. The molecule has 6 nitrogen and oxygen atoms in total. The van der Waals surface area contributed by atoms with Gasteiger partial charge >= 0.3 is 6.09 Å². The number of carbonyl (C=O) groups is 2. The zero-order valence-corrected chi connectivity index (χ0v) is 16.7. The predicted octanol–water partition coefficient (Wildman–Crippen LogP) is 3.18. The largest absolute Gasteiger partial charge is 0.449 e. The second kappa shape index (κ2) is 9.16. The van der Waals surface area contributed by atoms with E-state index in [1.807, 2.05) is 24.3 Å². The number of hydrazine groups is 1. The molecule has 0 aromatic heterocycles. The molecular formula is C25H21N3O3. The first-order chi connectivity index (χ1) is 15.2. The molecule has 0 heterocycles. The van der Waals surface area contributed by atoms with Crippen molar-refractivity contribution in [3.8, 4) is 23.0 Å². The molecule has 0 radical (unpaired) electrons. The Bertz CT molecular complexity index is 1150. The Hall–Kier alpha value is -4.08. The number of alkyl carbamates (subject to hydrolysis) is 1. The molecule has 0 saturated heterocycles. The van der Waals surface area contributed by atoms with Gasteiger partial charge in [0.1, 0.15) is 6.61 Å². The van der Waals surface area contributed by atoms with Gasteiger partial charge < -0.3 is 10.1 Å². The number of rotatable bonds is 4. The number of hydrogen-bond acceptors (Lipinski definition) is 4. The van der Waals surface area contributed by atoms with Crippen molar-refractivity contribution in [2.24, 2.45) is 5.84 Å². The minimum atomic E-state index is -0.521. The normalized spacial score (nSPS) is 11.5. The molecule has 31 heavy (non-hydrogen) atoms. The fourth-order valence-electron chi connectivity index (χ4n) is 3.73. The van der Waals surface area contributed by atoms with Crippen LogP contribution in [0.3, 0.4) is 0 Å². The number of nitrogen functional groups attached to an aromatic ring is 1. The highest BCUT2D eigenvalue weighted by Gasteiger charge is 2.28. The molecule has 0 aliphatic heterocycles. The summed E-state index contributed by atoms with van der Waals surface area (Å²) in [6.45, 7) is 0.382. The van der Waals surface area contributed by atoms with Crippen LogP contribution in [0.4, 0.5) is 4.79 Å². The van der Waals surface area contributed by atoms with Gasteiger partial charge in [-0.1, -0.05) is 66.4 Å². The molecule has 0 saturated carbocycles. The van der Waals surface area contributed by atoms with Gasteiger partial charge in [0, 0.05) is 17.0 Å². The summed E-state index contributed by atoms with van der Waals surface area (Å²) in [4.78, 5) is 23.7. The van der Waals surface area contributed by atoms with Crippen LogP contribution in [0.5, 0.6) is 0 Å². The van der Waals surface area contributed by atoms with Crippen molar-refractivity contribution in [3.63, 3.8) is 0 Å². The average Bonchev–Trinajstić information content (AvgIpc) is 3.14. The summed E-state index contributed by atoms with van der Waals surface area (Å²) in [5, 5.41) is 2.64. The zero-order valence-electron chi connectivity index (χ0n) is 16.7. The van der Waals surface area contributed by atoms with Gasteiger partial charge in [0.15, 0.2) is 0 Å². The predicted molar refractivity (Wildman–Crippen MR) is 118 cm³/mol. The molecule has 4 N–H and O–H groups in total. The summed E-state index contributed by atoms with van der Waals surface area (Å²) >= 11 is 0. The van der Waals surface area contributed by atoms with Crippen molar-refractivity contribution in [2.45, 2.75) is 5.92 Å². The standard InChI is InChI=1S/C25H21N3O3/c26-28-24(29)18-9-5-7-17(15-18)8-6-14-27-25(30)31-16-23-21-12-3-1-10-19(21)20-11-2-4-13-22(20)23/h1-5,7,9-13,15,23H,14,16,26H2,(H,27,30)(H,28,29). The Balaban J connectivity index is 1.33. The van der Waals surface area contributed by atoms with Crippen molar-refractivity contribution in [2.75, 3.05) is 13.2 Å². The van der Waals surface area contributed by atoms with Crippen LogP contribution in [0.15, 0.2) is 72.8 Å². The molecule has 6 heteroatoms. The lowest BCUT2D eigenvalue weighted by atomic mass is 9.98. The molecule has 0 spiro atoms. The van der Waals surface area contributed by atoms with E-state index in [0.717, 1.165) is 11.1 Å². The second-order valence-corrected chi connectivity index (χ2v) is 7.04. The molecule has 1 aliphatic carbocycles. The van der Waals surface area contributed by atoms with Gasteiger partial charge in [0.05, 0.1) is 6.54 Å². The van der Waals surface area contributed by atoms with Gasteiger partial charge in [0.25, 0.3) is 5.91 Å². The molecule has 0 unspecified atom stereocenters. The Kier molecular flexibility index (Phi) is 5.97. The lowest BCUT2D eigenvalue weighted by Gasteiger charge is -2.14. The van der Waals surface area contributed by atoms with Crippen molar-refractivity contribution in [1.29, 1.82) is 0 Å². The summed E-state index contributed by atoms with van der Waals surface area (Å²) < 4.78 is 5.47. The third-order valence-corrected chi connectivity index (χ3v) is 5.15. The summed E-state index contributed by atoms with van der Waals surface area (Å²) in [6.07, 6.45) is -0.521. The van der Waals surface area contributed by atoms with Crippen LogP contribution in [-0.2, 0) is 4.74 Å². The minimum Gasteiger partial charge on any atom is -0.449 e. The maximum Gasteiger partial charge on any atom is 0.407 e. The minimum absolute atomic E-state index is 0.0145. The third kappa shape index (κ3) is 4.42. The molecule has 0 fully saturated rings. The number of fused-ring (bicyclic) bond motifs is 3. The summed E-state index contributed by atoms with van der Waals surface area (Å²) in [5.41, 5.74) is 7.84. The Morgan fingerprint density at radius 2 is 1.61 bits per heavy atom. The first-order valence-electron chi connectivity index (χ1n) is 9.86. The van der Waals surface area contributed by atoms with Crippen LogP contribution in [0.25, 0.3) is 11.1 Å². The van der Waals surface area contributed by atoms with Gasteiger partial charge in [-0.3, -0.25) is 10.2 Å². The number of hydrogen-bond donors (Lipinski definition) is 3. The van der Waals surface area contributed by atoms with Crippen LogP contribution in [0.1, 0.15) is 33.0 Å². The molecule has 3 aromatic carbocycles. The monoisotopic (exact) mass is 411 g/mol. The fraction of sp³-hybridized carbons (Fsp3) is 0.120. The second-order valence-electron chi connectivity index (χ2n) is 7.04. The number of amides is 2. The number of ether oxygens (including phenoxy) is 1. The highest BCUT2D eigenvalue weighted by molar-refractivity contribution is 5.94. The van der Waals surface area contributed by atoms with Gasteiger partial charge in [-0.05, 0) is 40.5 Å². The van der Waals surface area contributed by atoms with Crippen molar-refractivity contribution < 1.29 is 14.3 Å². The number of nitrogens with two attached hydrogens (primary N) is 1. The Labute approximate surface area is 180 Å². The molecule has 4 rings (SSSR count). The molecule has 0 atom stereocenters. The van der Waals surface area contributed by atoms with Crippen molar-refractivity contribution in [1.82, 2.24) is 10.7 Å². The van der Waals surface area contributed by atoms with E-state index in [1.54, 1.807) is 24.3 Å². The van der Waals surface area contributed by atoms with E-state index in [0.29, 0.717) is 11.1 Å². The highest BCUT2D eigenvalue weighted by Crippen LogP contribution is 2.44. The fourth-order valence-corrected chi connectivity index (χ4v) is 3.73. The zero-order chi connectivity index (χ0) is 21.6. The first kappa shape index (κ1) is 20.2. The number of benzene rings is 3. The molecule has 1 aliphatic rings. The van der Waals surface area contributed by atoms with Gasteiger partial charge in [-0.15, -0.1) is 0 Å². The molecule has 0 bridgehead atoms. The molecule has 2 amide bonds. The molecule has 154 valence electrons. The summed E-state index contributed by atoms with van der Waals surface area (Å²) in [7, 11) is 0. The van der Waals surface area contributed by atoms with Crippen LogP contribution in [-0.4, -0.2) is 25.2 Å². The van der Waals surface area contributed by atoms with E-state index in [2.05, 4.69) is 46.8 Å². The van der Waals surface area contributed by atoms with E-state index in [9.17, 15) is 9.59 Å². The van der Waals surface area contributed by atoms with Crippen molar-refractivity contribution in [3.05, 3.63) is 95.1 Å². The summed E-state index contributed by atoms with van der Waals surface area (Å²) in [6, 6.07) is 23.1. The van der Waals surface area contributed by atoms with E-state index in [4.69, 9.17) is 10.6 Å². The number of carbonyl (C=O) groups excluding carboxylic acids is 2. The van der Waals surface area contributed by atoms with Crippen LogP contribution in [0, 0.1) is 11.8 Å². The maximum absolute atomic E-state index is 12.1. The average molecular weight is 411 g/mol. The van der Waals surface area contributed by atoms with Gasteiger partial charge in [-0.25, -0.2) is 10.6 Å². The van der Waals surface area contributed by atoms with E-state index in [-0.39, 0.29) is 25.0 Å². The maximum atomic E-state index is 12.1. The lowest BCUT2D eigenvalue weighted by Crippen LogP contribution is -2.29. The Morgan fingerprint density at radius 3 is 2.29 bits per heavy atom. The Morgan fingerprint density at radius 1 is 0.935 bits per heavy atom. The van der Waals surface area contributed by atoms with Crippen LogP contribution >= 0.6 is 0 Å². The van der Waals surface area contributed by atoms with Crippen molar-refractivity contribution >= 4 is 12.0 Å². The first-order valence-corrected chi connectivity index (χ1v) is 9.86. The van der Waals surface area contributed by atoms with E-state index >= 15 is 0 Å². The smallest absolute Gasteiger partial charge is 0.407 e. The highest BCUT2D eigenvalue weighted by atomic mass is 16.5. The van der Waals surface area contributed by atoms with Gasteiger partial charge in [0.2, 0.25) is 0 Å². The number of nitrogens with one attached hydrogen (secondary N) is 2. The van der Waals surface area contributed by atoms with Gasteiger partial charge in [-0.2, -0.15) is 0 Å². The summed E-state index contributed by atoms with van der Waals surface area (Å²) in [5.74, 6) is 10.5. The SMILES string of the molecule is NNC(=O)c1cccc(C#CCNC(=O)OCC2c3ccccc3-c3ccccc32)c1.